The van der Waals surface area contributed by atoms with E-state index in [1.165, 1.54) is 148 Å². The third-order valence-electron chi connectivity index (χ3n) is 18.8. The van der Waals surface area contributed by atoms with Crippen molar-refractivity contribution in [3.63, 3.8) is 0 Å². The number of hydrogen-bond donors (Lipinski definition) is 0. The van der Waals surface area contributed by atoms with Crippen LogP contribution in [0.5, 0.6) is 0 Å². The van der Waals surface area contributed by atoms with E-state index < -0.39 is 0 Å². The predicted molar refractivity (Wildman–Crippen MR) is 355 cm³/mol. The highest BCUT2D eigenvalue weighted by Gasteiger charge is 2.46. The molecule has 80 heavy (non-hydrogen) atoms. The van der Waals surface area contributed by atoms with E-state index in [4.69, 9.17) is 4.98 Å². The van der Waals surface area contributed by atoms with Crippen LogP contribution in [0.3, 0.4) is 0 Å². The number of allylic oxidation sites excluding steroid dienone is 6. The van der Waals surface area contributed by atoms with Crippen molar-refractivity contribution in [3.8, 4) is 33.5 Å². The van der Waals surface area contributed by atoms with Gasteiger partial charge in [0, 0.05) is 27.5 Å². The molecule has 1 aromatic heterocycles. The van der Waals surface area contributed by atoms with Gasteiger partial charge in [0.05, 0.1) is 11.2 Å². The lowest BCUT2D eigenvalue weighted by molar-refractivity contribution is 0.265. The van der Waals surface area contributed by atoms with Gasteiger partial charge in [0.2, 0.25) is 0 Å². The van der Waals surface area contributed by atoms with Crippen LogP contribution in [0.15, 0.2) is 127 Å². The minimum absolute atomic E-state index is 0.0277. The first-order valence-electron chi connectivity index (χ1n) is 32.2. The highest BCUT2D eigenvalue weighted by Crippen LogP contribution is 2.57. The highest BCUT2D eigenvalue weighted by atomic mass is 14.7. The number of pyridine rings is 1. The van der Waals surface area contributed by atoms with Gasteiger partial charge in [-0.25, -0.2) is 4.98 Å². The molecule has 1 aliphatic rings. The van der Waals surface area contributed by atoms with Gasteiger partial charge in [-0.2, -0.15) is 0 Å². The summed E-state index contributed by atoms with van der Waals surface area (Å²) in [5, 5.41) is 1.26. The Balaban J connectivity index is 1.45. The van der Waals surface area contributed by atoms with Gasteiger partial charge < -0.3 is 0 Å². The molecular weight excluding hydrogens is 963 g/mol. The molecule has 0 radical (unpaired) electrons. The molecule has 0 saturated carbocycles. The summed E-state index contributed by atoms with van der Waals surface area (Å²) < 4.78 is 0. The maximum Gasteiger partial charge on any atom is 0.0788 e. The Bertz CT molecular complexity index is 3080. The zero-order valence-corrected chi connectivity index (χ0v) is 53.7. The van der Waals surface area contributed by atoms with Gasteiger partial charge in [-0.3, -0.25) is 0 Å². The molecule has 2 unspecified atom stereocenters. The van der Waals surface area contributed by atoms with Gasteiger partial charge in [-0.15, -0.1) is 0 Å². The molecule has 1 nitrogen and oxygen atoms in total. The van der Waals surface area contributed by atoms with Crippen molar-refractivity contribution in [1.82, 2.24) is 4.98 Å². The first-order chi connectivity index (χ1) is 38.2. The number of aryl methyl sites for hydroxylation is 2. The van der Waals surface area contributed by atoms with Crippen LogP contribution in [0, 0.1) is 17.3 Å². The third kappa shape index (κ3) is 14.3. The first-order valence-corrected chi connectivity index (χ1v) is 32.2. The summed E-state index contributed by atoms with van der Waals surface area (Å²) >= 11 is 0. The molecule has 2 atom stereocenters. The average molecular weight is 1070 g/mol. The smallest absolute Gasteiger partial charge is 0.0788 e. The van der Waals surface area contributed by atoms with Crippen LogP contribution in [0.4, 0.5) is 0 Å². The molecule has 0 fully saturated rings. The summed E-state index contributed by atoms with van der Waals surface area (Å²) in [7, 11) is 0. The van der Waals surface area contributed by atoms with Crippen LogP contribution in [0.1, 0.15) is 259 Å². The monoisotopic (exact) mass is 1070 g/mol. The Labute approximate surface area is 489 Å². The zero-order chi connectivity index (χ0) is 58.0. The van der Waals surface area contributed by atoms with E-state index in [0.717, 1.165) is 56.2 Å². The van der Waals surface area contributed by atoms with E-state index in [2.05, 4.69) is 239 Å². The Kier molecular flexibility index (Phi) is 21.2. The molecule has 5 aromatic carbocycles. The van der Waals surface area contributed by atoms with E-state index in [1.54, 1.807) is 11.1 Å². The van der Waals surface area contributed by atoms with E-state index >= 15 is 0 Å². The summed E-state index contributed by atoms with van der Waals surface area (Å²) in [6, 6.07) is 41.3. The highest BCUT2D eigenvalue weighted by molar-refractivity contribution is 6.00. The minimum atomic E-state index is -0.140. The van der Waals surface area contributed by atoms with Crippen molar-refractivity contribution in [1.29, 1.82) is 0 Å². The molecule has 7 rings (SSSR count). The van der Waals surface area contributed by atoms with Crippen LogP contribution in [0.2, 0.25) is 0 Å². The lowest BCUT2D eigenvalue weighted by Crippen LogP contribution is -2.32. The Hall–Kier alpha value is -5.27. The standard InChI is InChI=1S/C79H107N/c1-18-25-30-57(23-6)53-79(54-58(24-7)31-26-19-2)72-50-64(42-44-67(72)68-45-43-65(51-73(68)79)77(13,14)15)55(8)32-37-61(29-22-5)66-46-47-71(78(16,17)49-48-56(9)76(10,11)12)70-52-69(62-38-33-59(27-20-3)34-39-62)74(80-75(66)70)63-40-35-60(28-21-4)36-41-63/h32-48,50-52,57-58H,18-31,49,53-54H2,1-17H3/b55-32+,56-48+,61-37+. The lowest BCUT2D eigenvalue weighted by atomic mass is 9.64. The van der Waals surface area contributed by atoms with Crippen molar-refractivity contribution in [2.24, 2.45) is 17.3 Å². The minimum Gasteiger partial charge on any atom is -0.246 e. The number of benzene rings is 5. The number of rotatable bonds is 26. The predicted octanol–water partition coefficient (Wildman–Crippen LogP) is 24.2. The third-order valence-corrected chi connectivity index (χ3v) is 18.8. The maximum absolute atomic E-state index is 5.97. The number of nitrogens with zero attached hydrogens (tertiary/aromatic N) is 1. The average Bonchev–Trinajstić information content (AvgIpc) is 3.75. The molecule has 1 heteroatoms. The van der Waals surface area contributed by atoms with Crippen LogP contribution >= 0.6 is 0 Å². The molecule has 0 aliphatic heterocycles. The van der Waals surface area contributed by atoms with Crippen LogP contribution in [-0.4, -0.2) is 4.98 Å². The van der Waals surface area contributed by atoms with Crippen LogP contribution < -0.4 is 0 Å². The van der Waals surface area contributed by atoms with E-state index in [9.17, 15) is 0 Å². The van der Waals surface area contributed by atoms with Crippen molar-refractivity contribution < 1.29 is 0 Å². The molecule has 428 valence electrons. The quantitative estimate of drug-likeness (QED) is 0.0390. The molecule has 0 spiro atoms. The van der Waals surface area contributed by atoms with Crippen molar-refractivity contribution >= 4 is 22.0 Å². The zero-order valence-electron chi connectivity index (χ0n) is 53.7. The summed E-state index contributed by atoms with van der Waals surface area (Å²) in [6.07, 6.45) is 27.5. The molecule has 0 N–H and O–H groups in total. The molecule has 1 heterocycles. The van der Waals surface area contributed by atoms with Gasteiger partial charge >= 0.3 is 0 Å². The van der Waals surface area contributed by atoms with Gasteiger partial charge in [0.15, 0.2) is 0 Å². The summed E-state index contributed by atoms with van der Waals surface area (Å²) in [4.78, 5) is 5.97. The Morgan fingerprint density at radius 3 is 1.65 bits per heavy atom. The number of fused-ring (bicyclic) bond motifs is 4. The van der Waals surface area contributed by atoms with Gasteiger partial charge in [-0.05, 0) is 159 Å². The SMILES string of the molecule is CCCCC(CC)CC1(CC(CC)CCCC)c2cc(/C(C)=C/C=C(\CCC)c3ccc(C(C)(C)C/C=C(\C)C(C)(C)C)c4cc(-c5ccc(CCC)cc5)c(-c5ccc(CCC)cc5)nc34)ccc2-c2ccc(C(C)(C)C)cc21. The van der Waals surface area contributed by atoms with Crippen LogP contribution in [-0.2, 0) is 29.1 Å². The van der Waals surface area contributed by atoms with Gasteiger partial charge in [0.1, 0.15) is 0 Å². The lowest BCUT2D eigenvalue weighted by Gasteiger charge is -2.39. The fraction of sp³-hybridized carbons (Fsp3) is 0.506. The molecule has 0 amide bonds. The molecule has 6 aromatic rings. The maximum atomic E-state index is 5.97. The normalized spacial score (nSPS) is 16.1. The summed E-state index contributed by atoms with van der Waals surface area (Å²) in [5.41, 5.74) is 24.2. The molecule has 0 saturated heterocycles. The van der Waals surface area contributed by atoms with E-state index in [-0.39, 0.29) is 21.7 Å². The second-order valence-corrected chi connectivity index (χ2v) is 27.4. The second kappa shape index (κ2) is 27.2. The number of unbranched alkanes of at least 4 members (excludes halogenated alkanes) is 2. The summed E-state index contributed by atoms with van der Waals surface area (Å²) in [5.74, 6) is 1.37. The topological polar surface area (TPSA) is 12.9 Å². The van der Waals surface area contributed by atoms with E-state index in [0.29, 0.717) is 11.8 Å². The van der Waals surface area contributed by atoms with E-state index in [1.807, 2.05) is 0 Å². The Morgan fingerprint density at radius 2 is 1.12 bits per heavy atom. The van der Waals surface area contributed by atoms with Gasteiger partial charge in [0.25, 0.3) is 0 Å². The number of aromatic nitrogens is 1. The van der Waals surface area contributed by atoms with Crippen molar-refractivity contribution in [3.05, 3.63) is 171 Å². The fourth-order valence-electron chi connectivity index (χ4n) is 13.1. The fourth-order valence-corrected chi connectivity index (χ4v) is 13.1. The van der Waals surface area contributed by atoms with Crippen molar-refractivity contribution in [2.45, 2.75) is 243 Å². The second-order valence-electron chi connectivity index (χ2n) is 27.4. The molecular formula is C79H107N. The summed E-state index contributed by atoms with van der Waals surface area (Å²) in [6.45, 7) is 40.3. The Morgan fingerprint density at radius 1 is 0.562 bits per heavy atom. The van der Waals surface area contributed by atoms with Gasteiger partial charge in [-0.1, -0.05) is 289 Å². The first kappa shape index (κ1) is 62.3. The molecule has 1 aliphatic carbocycles. The largest absolute Gasteiger partial charge is 0.246 e. The van der Waals surface area contributed by atoms with Crippen molar-refractivity contribution in [2.75, 3.05) is 0 Å². The molecule has 0 bridgehead atoms. The van der Waals surface area contributed by atoms with Crippen LogP contribution in [0.25, 0.3) is 55.6 Å². The number of hydrogen-bond acceptors (Lipinski definition) is 1.